The van der Waals surface area contributed by atoms with E-state index in [1.54, 1.807) is 0 Å². The number of azo groups is 1. The summed E-state index contributed by atoms with van der Waals surface area (Å²) >= 11 is 0. The molecular formula is C22H17F9N6O2S. The van der Waals surface area contributed by atoms with Crippen molar-refractivity contribution in [3.8, 4) is 11.5 Å². The minimum absolute atomic E-state index is 0.0585. The zero-order valence-corrected chi connectivity index (χ0v) is 21.3. The van der Waals surface area contributed by atoms with E-state index in [1.165, 1.54) is 14.0 Å². The molecule has 3 aromatic rings. The SMILES string of the molecule is C\C=C/C(=C\N=N\c1nc(-c2nc3cc(C(F)(F)F)ncc3n2C)c(S(=O)(=O)CC)cc1C(F)(F)F)C(F)(F)F. The molecule has 0 aliphatic heterocycles. The van der Waals surface area contributed by atoms with Crippen molar-refractivity contribution in [2.24, 2.45) is 17.3 Å². The van der Waals surface area contributed by atoms with E-state index in [2.05, 4.69) is 25.2 Å². The van der Waals surface area contributed by atoms with E-state index in [9.17, 15) is 47.9 Å². The lowest BCUT2D eigenvalue weighted by Gasteiger charge is -2.14. The fourth-order valence-electron chi connectivity index (χ4n) is 3.31. The Kier molecular flexibility index (Phi) is 8.16. The van der Waals surface area contributed by atoms with Crippen molar-refractivity contribution in [1.82, 2.24) is 19.5 Å². The van der Waals surface area contributed by atoms with E-state index in [0.717, 1.165) is 23.8 Å². The van der Waals surface area contributed by atoms with Gasteiger partial charge >= 0.3 is 18.5 Å². The Bertz CT molecular complexity index is 1630. The fourth-order valence-corrected chi connectivity index (χ4v) is 4.35. The van der Waals surface area contributed by atoms with Gasteiger partial charge in [0.05, 0.1) is 39.7 Å². The smallest absolute Gasteiger partial charge is 0.324 e. The van der Waals surface area contributed by atoms with Crippen LogP contribution in [0.5, 0.6) is 0 Å². The van der Waals surface area contributed by atoms with E-state index in [-0.39, 0.29) is 23.3 Å². The number of alkyl halides is 9. The van der Waals surface area contributed by atoms with Crippen molar-refractivity contribution in [1.29, 1.82) is 0 Å². The molecular weight excluding hydrogens is 583 g/mol. The third kappa shape index (κ3) is 6.31. The zero-order chi connectivity index (χ0) is 30.3. The minimum atomic E-state index is -5.28. The molecule has 216 valence electrons. The van der Waals surface area contributed by atoms with Gasteiger partial charge in [0.25, 0.3) is 0 Å². The molecule has 0 aromatic carbocycles. The molecule has 0 aliphatic carbocycles. The number of hydrogen-bond acceptors (Lipinski definition) is 7. The first-order chi connectivity index (χ1) is 18.3. The maximum atomic E-state index is 13.9. The van der Waals surface area contributed by atoms with Crippen LogP contribution in [0.3, 0.4) is 0 Å². The van der Waals surface area contributed by atoms with Gasteiger partial charge in [-0.1, -0.05) is 19.1 Å². The fraction of sp³-hybridized carbons (Fsp3) is 0.318. The number of rotatable bonds is 6. The van der Waals surface area contributed by atoms with Crippen LogP contribution >= 0.6 is 0 Å². The quantitative estimate of drug-likeness (QED) is 0.173. The van der Waals surface area contributed by atoms with Crippen molar-refractivity contribution < 1.29 is 47.9 Å². The highest BCUT2D eigenvalue weighted by molar-refractivity contribution is 7.91. The molecule has 0 atom stereocenters. The number of hydrogen-bond donors (Lipinski definition) is 0. The number of imidazole rings is 1. The van der Waals surface area contributed by atoms with Gasteiger partial charge in [0.1, 0.15) is 17.0 Å². The molecule has 0 radical (unpaired) electrons. The first-order valence-corrected chi connectivity index (χ1v) is 12.5. The summed E-state index contributed by atoms with van der Waals surface area (Å²) in [7, 11) is -3.26. The summed E-state index contributed by atoms with van der Waals surface area (Å²) in [4.78, 5) is 9.87. The second-order valence-electron chi connectivity index (χ2n) is 7.96. The molecule has 0 bridgehead atoms. The van der Waals surface area contributed by atoms with Crippen molar-refractivity contribution >= 4 is 26.7 Å². The lowest BCUT2D eigenvalue weighted by Crippen LogP contribution is -2.14. The van der Waals surface area contributed by atoms with Crippen molar-refractivity contribution in [2.75, 3.05) is 5.75 Å². The molecule has 0 saturated carbocycles. The lowest BCUT2D eigenvalue weighted by molar-refractivity contribution is -0.141. The number of allylic oxidation sites excluding steroid dienone is 3. The van der Waals surface area contributed by atoms with Gasteiger partial charge in [0, 0.05) is 7.05 Å². The van der Waals surface area contributed by atoms with Gasteiger partial charge in [0.15, 0.2) is 21.5 Å². The number of nitrogens with zero attached hydrogens (tertiary/aromatic N) is 6. The Balaban J connectivity index is 2.37. The normalized spacial score (nSPS) is 14.2. The maximum absolute atomic E-state index is 13.9. The number of aryl methyl sites for hydroxylation is 1. The minimum Gasteiger partial charge on any atom is -0.324 e. The second kappa shape index (κ2) is 10.6. The molecule has 3 heterocycles. The van der Waals surface area contributed by atoms with E-state index >= 15 is 0 Å². The lowest BCUT2D eigenvalue weighted by atomic mass is 10.2. The molecule has 3 rings (SSSR count). The van der Waals surface area contributed by atoms with E-state index in [4.69, 9.17) is 0 Å². The largest absolute Gasteiger partial charge is 0.433 e. The van der Waals surface area contributed by atoms with E-state index < -0.39 is 73.2 Å². The monoisotopic (exact) mass is 600 g/mol. The maximum Gasteiger partial charge on any atom is 0.433 e. The predicted octanol–water partition coefficient (Wildman–Crippen LogP) is 6.97. The van der Waals surface area contributed by atoms with Crippen molar-refractivity contribution in [3.05, 3.63) is 53.5 Å². The number of sulfone groups is 1. The van der Waals surface area contributed by atoms with Crippen LogP contribution in [-0.4, -0.2) is 39.9 Å². The van der Waals surface area contributed by atoms with Gasteiger partial charge in [-0.3, -0.25) is 0 Å². The molecule has 40 heavy (non-hydrogen) atoms. The van der Waals surface area contributed by atoms with E-state index in [1.807, 2.05) is 0 Å². The average molecular weight is 600 g/mol. The highest BCUT2D eigenvalue weighted by Crippen LogP contribution is 2.41. The van der Waals surface area contributed by atoms with Crippen LogP contribution in [-0.2, 0) is 29.2 Å². The van der Waals surface area contributed by atoms with Crippen molar-refractivity contribution in [3.63, 3.8) is 0 Å². The first-order valence-electron chi connectivity index (χ1n) is 10.9. The molecule has 18 heteroatoms. The summed E-state index contributed by atoms with van der Waals surface area (Å²) in [6.07, 6.45) is -12.6. The molecule has 0 saturated heterocycles. The second-order valence-corrected chi connectivity index (χ2v) is 10.2. The summed E-state index contributed by atoms with van der Waals surface area (Å²) in [5.41, 5.74) is -5.58. The van der Waals surface area contributed by atoms with Gasteiger partial charge in [-0.25, -0.2) is 23.4 Å². The van der Waals surface area contributed by atoms with Gasteiger partial charge in [0.2, 0.25) is 0 Å². The molecule has 0 spiro atoms. The predicted molar refractivity (Wildman–Crippen MR) is 123 cm³/mol. The topological polar surface area (TPSA) is 102 Å². The average Bonchev–Trinajstić information content (AvgIpc) is 3.17. The third-order valence-corrected chi connectivity index (χ3v) is 7.02. The summed E-state index contributed by atoms with van der Waals surface area (Å²) < 4.78 is 147. The third-order valence-electron chi connectivity index (χ3n) is 5.28. The van der Waals surface area contributed by atoms with Crippen LogP contribution in [0, 0.1) is 0 Å². The van der Waals surface area contributed by atoms with Gasteiger partial charge in [-0.2, -0.15) is 44.6 Å². The summed E-state index contributed by atoms with van der Waals surface area (Å²) in [5.74, 6) is -2.49. The molecule has 0 unspecified atom stereocenters. The summed E-state index contributed by atoms with van der Waals surface area (Å²) in [5, 5.41) is 6.23. The van der Waals surface area contributed by atoms with Crippen LogP contribution in [0.25, 0.3) is 22.6 Å². The summed E-state index contributed by atoms with van der Waals surface area (Å²) in [6.45, 7) is 2.38. The molecule has 0 aliphatic rings. The van der Waals surface area contributed by atoms with E-state index in [0.29, 0.717) is 12.1 Å². The Morgan fingerprint density at radius 2 is 1.68 bits per heavy atom. The highest BCUT2D eigenvalue weighted by Gasteiger charge is 2.39. The Morgan fingerprint density at radius 1 is 1.02 bits per heavy atom. The van der Waals surface area contributed by atoms with Gasteiger partial charge in [-0.15, -0.1) is 5.11 Å². The number of fused-ring (bicyclic) bond motifs is 1. The standard InChI is InChI=1S/C22H17F9N6O2S/c1-4-6-11(20(23,24)25)9-33-36-18-12(21(26,27)28)7-15(40(38,39)5-2)17(35-18)19-34-13-8-16(22(29,30)31)32-10-14(13)37(19)3/h4,6-10H,5H2,1-3H3/b6-4-,11-9+,36-33+. The Labute approximate surface area is 219 Å². The van der Waals surface area contributed by atoms with Crippen LogP contribution in [0.4, 0.5) is 45.3 Å². The van der Waals surface area contributed by atoms with Gasteiger partial charge < -0.3 is 4.57 Å². The number of halogens is 9. The molecule has 8 nitrogen and oxygen atoms in total. The van der Waals surface area contributed by atoms with Crippen LogP contribution in [0.1, 0.15) is 25.1 Å². The summed E-state index contributed by atoms with van der Waals surface area (Å²) in [6, 6.07) is 0.719. The number of pyridine rings is 2. The first kappa shape index (κ1) is 30.7. The zero-order valence-electron chi connectivity index (χ0n) is 20.5. The number of aromatic nitrogens is 4. The van der Waals surface area contributed by atoms with Crippen LogP contribution in [0.15, 0.2) is 57.4 Å². The molecule has 0 N–H and O–H groups in total. The van der Waals surface area contributed by atoms with Gasteiger partial charge in [-0.05, 0) is 19.1 Å². The van der Waals surface area contributed by atoms with Crippen molar-refractivity contribution in [2.45, 2.75) is 37.3 Å². The van der Waals surface area contributed by atoms with Crippen LogP contribution in [0.2, 0.25) is 0 Å². The molecule has 0 fully saturated rings. The molecule has 3 aromatic heterocycles. The Morgan fingerprint density at radius 3 is 2.20 bits per heavy atom. The molecule has 0 amide bonds. The van der Waals surface area contributed by atoms with Crippen LogP contribution < -0.4 is 0 Å². The Hall–Kier alpha value is -3.83. The highest BCUT2D eigenvalue weighted by atomic mass is 32.2.